The van der Waals surface area contributed by atoms with E-state index in [9.17, 15) is 8.42 Å². The quantitative estimate of drug-likeness (QED) is 0.807. The normalized spacial score (nSPS) is 18.1. The Bertz CT molecular complexity index is 537. The first-order chi connectivity index (χ1) is 9.49. The molecule has 1 aromatic carbocycles. The van der Waals surface area contributed by atoms with Gasteiger partial charge in [-0.1, -0.05) is 12.1 Å². The van der Waals surface area contributed by atoms with Gasteiger partial charge in [0.2, 0.25) is 10.0 Å². The summed E-state index contributed by atoms with van der Waals surface area (Å²) in [6.45, 7) is 3.74. The highest BCUT2D eigenvalue weighted by molar-refractivity contribution is 7.88. The average Bonchev–Trinajstić information content (AvgIpc) is 2.45. The number of ether oxygens (including phenoxy) is 1. The molecule has 2 rings (SSSR count). The van der Waals surface area contributed by atoms with Gasteiger partial charge in [0.25, 0.3) is 0 Å². The summed E-state index contributed by atoms with van der Waals surface area (Å²) < 4.78 is 29.6. The predicted molar refractivity (Wildman–Crippen MR) is 79.6 cm³/mol. The van der Waals surface area contributed by atoms with Crippen molar-refractivity contribution in [2.75, 3.05) is 46.1 Å². The van der Waals surface area contributed by atoms with Gasteiger partial charge in [-0.05, 0) is 24.1 Å². The minimum atomic E-state index is -3.04. The number of nitrogens with zero attached hydrogens (tertiary/aromatic N) is 2. The van der Waals surface area contributed by atoms with E-state index in [1.807, 2.05) is 18.2 Å². The Hall–Kier alpha value is -1.11. The van der Waals surface area contributed by atoms with Gasteiger partial charge < -0.3 is 9.64 Å². The third kappa shape index (κ3) is 4.19. The zero-order chi connectivity index (χ0) is 14.6. The third-order valence-corrected chi connectivity index (χ3v) is 4.95. The third-order valence-electron chi connectivity index (χ3n) is 3.65. The van der Waals surface area contributed by atoms with Crippen LogP contribution in [-0.4, -0.2) is 63.7 Å². The van der Waals surface area contributed by atoms with Crippen molar-refractivity contribution in [3.8, 4) is 5.75 Å². The predicted octanol–water partition coefficient (Wildman–Crippen LogP) is 0.815. The molecule has 0 aromatic heterocycles. The SMILES string of the molecule is COc1cccc(CCN2CCN(S(C)(=O)=O)CC2)c1. The van der Waals surface area contributed by atoms with E-state index in [-0.39, 0.29) is 0 Å². The Balaban J connectivity index is 1.81. The fourth-order valence-corrected chi connectivity index (χ4v) is 3.23. The van der Waals surface area contributed by atoms with Crippen molar-refractivity contribution in [3.05, 3.63) is 29.8 Å². The fraction of sp³-hybridized carbons (Fsp3) is 0.571. The summed E-state index contributed by atoms with van der Waals surface area (Å²) >= 11 is 0. The maximum Gasteiger partial charge on any atom is 0.211 e. The van der Waals surface area contributed by atoms with Crippen molar-refractivity contribution in [2.45, 2.75) is 6.42 Å². The molecule has 1 heterocycles. The molecule has 1 aliphatic heterocycles. The van der Waals surface area contributed by atoms with Gasteiger partial charge in [0.1, 0.15) is 5.75 Å². The second-order valence-electron chi connectivity index (χ2n) is 5.11. The van der Waals surface area contributed by atoms with Crippen molar-refractivity contribution in [2.24, 2.45) is 0 Å². The zero-order valence-electron chi connectivity index (χ0n) is 12.1. The molecule has 0 amide bonds. The number of benzene rings is 1. The lowest BCUT2D eigenvalue weighted by atomic mass is 10.1. The summed E-state index contributed by atoms with van der Waals surface area (Å²) in [6.07, 6.45) is 2.23. The lowest BCUT2D eigenvalue weighted by Crippen LogP contribution is -2.48. The van der Waals surface area contributed by atoms with Crippen molar-refractivity contribution in [1.82, 2.24) is 9.21 Å². The standard InChI is InChI=1S/C14H22N2O3S/c1-19-14-5-3-4-13(12-14)6-7-15-8-10-16(11-9-15)20(2,17)18/h3-5,12H,6-11H2,1-2H3. The molecule has 0 bridgehead atoms. The molecule has 5 nitrogen and oxygen atoms in total. The molecule has 6 heteroatoms. The molecule has 0 radical (unpaired) electrons. The number of methoxy groups -OCH3 is 1. The van der Waals surface area contributed by atoms with Gasteiger partial charge in [0.05, 0.1) is 13.4 Å². The first-order valence-electron chi connectivity index (χ1n) is 6.79. The van der Waals surface area contributed by atoms with Crippen LogP contribution < -0.4 is 4.74 Å². The van der Waals surface area contributed by atoms with E-state index in [1.165, 1.54) is 11.8 Å². The van der Waals surface area contributed by atoms with E-state index < -0.39 is 10.0 Å². The second kappa shape index (κ2) is 6.56. The van der Waals surface area contributed by atoms with E-state index in [4.69, 9.17) is 4.74 Å². The molecule has 1 aromatic rings. The fourth-order valence-electron chi connectivity index (χ4n) is 2.40. The van der Waals surface area contributed by atoms with Gasteiger partial charge in [-0.3, -0.25) is 0 Å². The maximum atomic E-state index is 11.4. The molecule has 1 saturated heterocycles. The van der Waals surface area contributed by atoms with Crippen LogP contribution >= 0.6 is 0 Å². The Kier molecular flexibility index (Phi) is 5.01. The van der Waals surface area contributed by atoms with Crippen molar-refractivity contribution < 1.29 is 13.2 Å². The number of piperazine rings is 1. The van der Waals surface area contributed by atoms with Crippen LogP contribution in [0.25, 0.3) is 0 Å². The van der Waals surface area contributed by atoms with Gasteiger partial charge >= 0.3 is 0 Å². The van der Waals surface area contributed by atoms with E-state index in [2.05, 4.69) is 11.0 Å². The first-order valence-corrected chi connectivity index (χ1v) is 8.64. The number of hydrogen-bond donors (Lipinski definition) is 0. The molecule has 112 valence electrons. The van der Waals surface area contributed by atoms with Gasteiger partial charge in [-0.15, -0.1) is 0 Å². The van der Waals surface area contributed by atoms with Gasteiger partial charge in [-0.25, -0.2) is 8.42 Å². The summed E-state index contributed by atoms with van der Waals surface area (Å²) in [4.78, 5) is 2.31. The number of hydrogen-bond acceptors (Lipinski definition) is 4. The molecule has 1 fully saturated rings. The van der Waals surface area contributed by atoms with Crippen molar-refractivity contribution >= 4 is 10.0 Å². The average molecular weight is 298 g/mol. The molecule has 1 aliphatic rings. The highest BCUT2D eigenvalue weighted by Crippen LogP contribution is 2.14. The monoisotopic (exact) mass is 298 g/mol. The summed E-state index contributed by atoms with van der Waals surface area (Å²) in [5.74, 6) is 0.879. The van der Waals surface area contributed by atoms with Crippen LogP contribution in [0, 0.1) is 0 Å². The van der Waals surface area contributed by atoms with Crippen LogP contribution in [0.15, 0.2) is 24.3 Å². The molecular formula is C14H22N2O3S. The summed E-state index contributed by atoms with van der Waals surface area (Å²) in [5, 5.41) is 0. The van der Waals surface area contributed by atoms with Crippen LogP contribution in [-0.2, 0) is 16.4 Å². The van der Waals surface area contributed by atoms with Crippen molar-refractivity contribution in [1.29, 1.82) is 0 Å². The van der Waals surface area contributed by atoms with Crippen molar-refractivity contribution in [3.63, 3.8) is 0 Å². The molecule has 0 spiro atoms. The number of rotatable bonds is 5. The summed E-state index contributed by atoms with van der Waals surface area (Å²) in [7, 11) is -1.37. The highest BCUT2D eigenvalue weighted by atomic mass is 32.2. The molecule has 0 saturated carbocycles. The maximum absolute atomic E-state index is 11.4. The second-order valence-corrected chi connectivity index (χ2v) is 7.09. The molecule has 0 unspecified atom stereocenters. The van der Waals surface area contributed by atoms with E-state index in [1.54, 1.807) is 11.4 Å². The van der Waals surface area contributed by atoms with Crippen LogP contribution in [0.2, 0.25) is 0 Å². The first kappa shape index (κ1) is 15.3. The van der Waals surface area contributed by atoms with Gasteiger partial charge in [0.15, 0.2) is 0 Å². The Labute approximate surface area is 121 Å². The molecule has 0 atom stereocenters. The van der Waals surface area contributed by atoms with Crippen LogP contribution in [0.5, 0.6) is 5.75 Å². The summed E-state index contributed by atoms with van der Waals surface area (Å²) in [6, 6.07) is 8.08. The van der Waals surface area contributed by atoms with E-state index in [0.717, 1.165) is 31.8 Å². The van der Waals surface area contributed by atoms with Gasteiger partial charge in [-0.2, -0.15) is 4.31 Å². The number of sulfonamides is 1. The van der Waals surface area contributed by atoms with E-state index >= 15 is 0 Å². The lowest BCUT2D eigenvalue weighted by Gasteiger charge is -2.33. The molecular weight excluding hydrogens is 276 g/mol. The molecule has 0 N–H and O–H groups in total. The highest BCUT2D eigenvalue weighted by Gasteiger charge is 2.22. The topological polar surface area (TPSA) is 49.9 Å². The Morgan fingerprint density at radius 2 is 1.90 bits per heavy atom. The molecule has 20 heavy (non-hydrogen) atoms. The lowest BCUT2D eigenvalue weighted by molar-refractivity contribution is 0.191. The minimum absolute atomic E-state index is 0.594. The van der Waals surface area contributed by atoms with Gasteiger partial charge in [0, 0.05) is 32.7 Å². The largest absolute Gasteiger partial charge is 0.497 e. The summed E-state index contributed by atoms with van der Waals surface area (Å²) in [5.41, 5.74) is 1.25. The van der Waals surface area contributed by atoms with Crippen LogP contribution in [0.3, 0.4) is 0 Å². The Morgan fingerprint density at radius 3 is 2.50 bits per heavy atom. The van der Waals surface area contributed by atoms with Crippen LogP contribution in [0.1, 0.15) is 5.56 Å². The zero-order valence-corrected chi connectivity index (χ0v) is 12.9. The van der Waals surface area contributed by atoms with Crippen LogP contribution in [0.4, 0.5) is 0 Å². The molecule has 0 aliphatic carbocycles. The minimum Gasteiger partial charge on any atom is -0.497 e. The Morgan fingerprint density at radius 1 is 1.20 bits per heavy atom. The van der Waals surface area contributed by atoms with E-state index in [0.29, 0.717) is 13.1 Å². The smallest absolute Gasteiger partial charge is 0.211 e.